The number of hydrogen-bond donors (Lipinski definition) is 0. The zero-order valence-electron chi connectivity index (χ0n) is 15.3. The van der Waals surface area contributed by atoms with Crippen molar-refractivity contribution in [3.05, 3.63) is 99.7 Å². The number of carbonyl (C=O) groups is 1. The maximum Gasteiger partial charge on any atom is 0.289 e. The van der Waals surface area contributed by atoms with Crippen molar-refractivity contribution in [2.45, 2.75) is 6.54 Å². The molecule has 0 atom stereocenters. The van der Waals surface area contributed by atoms with Crippen molar-refractivity contribution in [2.24, 2.45) is 9.98 Å². The van der Waals surface area contributed by atoms with E-state index in [-0.39, 0.29) is 5.57 Å². The molecule has 2 heterocycles. The zero-order valence-corrected chi connectivity index (χ0v) is 16.9. The van der Waals surface area contributed by atoms with Gasteiger partial charge in [0.15, 0.2) is 5.84 Å². The Balaban J connectivity index is 1.78. The van der Waals surface area contributed by atoms with E-state index in [0.29, 0.717) is 18.2 Å². The fourth-order valence-corrected chi connectivity index (χ4v) is 3.44. The number of hydrogen-bond acceptors (Lipinski definition) is 3. The van der Waals surface area contributed by atoms with Crippen LogP contribution >= 0.6 is 15.9 Å². The maximum absolute atomic E-state index is 12.8. The molecule has 4 rings (SSSR count). The van der Waals surface area contributed by atoms with Crippen LogP contribution in [0.4, 0.5) is 0 Å². The molecule has 0 aliphatic carbocycles. The number of nitrogens with zero attached hydrogens (tertiary/aromatic N) is 4. The lowest BCUT2D eigenvalue weighted by Gasteiger charge is -2.21. The lowest BCUT2D eigenvalue weighted by Crippen LogP contribution is -2.24. The van der Waals surface area contributed by atoms with Gasteiger partial charge in [0.05, 0.1) is 0 Å². The summed E-state index contributed by atoms with van der Waals surface area (Å²) in [7, 11) is 0. The lowest BCUT2D eigenvalue weighted by atomic mass is 10.1. The summed E-state index contributed by atoms with van der Waals surface area (Å²) in [5.41, 5.74) is 2.50. The van der Waals surface area contributed by atoms with Crippen LogP contribution < -0.4 is 0 Å². The van der Waals surface area contributed by atoms with Crippen molar-refractivity contribution < 1.29 is 4.79 Å². The number of allylic oxidation sites excluding steroid dienone is 2. The van der Waals surface area contributed by atoms with E-state index in [1.54, 1.807) is 0 Å². The standard InChI is InChI=1S/C23H15BrN4O/c24-19-10-11-21-26-22(20-9-5-4-8-17(20)14-28(21)15-19)27-23(29)18(13-25)12-16-6-2-1-3-7-16/h1-12,15H,14H2/b18-12-,27-22?. The van der Waals surface area contributed by atoms with Crippen LogP contribution in [0.5, 0.6) is 0 Å². The molecule has 2 aliphatic rings. The molecule has 0 unspecified atom stereocenters. The van der Waals surface area contributed by atoms with E-state index < -0.39 is 5.91 Å². The quantitative estimate of drug-likeness (QED) is 0.504. The molecule has 0 radical (unpaired) electrons. The molecule has 0 saturated heterocycles. The van der Waals surface area contributed by atoms with Gasteiger partial charge in [-0.2, -0.15) is 10.3 Å². The molecule has 6 heteroatoms. The molecule has 0 spiro atoms. The number of halogens is 1. The molecule has 0 aromatic heterocycles. The van der Waals surface area contributed by atoms with E-state index in [0.717, 1.165) is 21.2 Å². The van der Waals surface area contributed by atoms with Crippen LogP contribution in [-0.2, 0) is 11.3 Å². The number of benzene rings is 2. The number of nitriles is 1. The largest absolute Gasteiger partial charge is 0.327 e. The minimum Gasteiger partial charge on any atom is -0.327 e. The monoisotopic (exact) mass is 442 g/mol. The molecular formula is C23H15BrN4O. The molecule has 5 nitrogen and oxygen atoms in total. The third-order valence-corrected chi connectivity index (χ3v) is 4.92. The predicted octanol–water partition coefficient (Wildman–Crippen LogP) is 4.59. The van der Waals surface area contributed by atoms with Crippen molar-refractivity contribution in [1.82, 2.24) is 4.90 Å². The Kier molecular flexibility index (Phi) is 5.32. The summed E-state index contributed by atoms with van der Waals surface area (Å²) in [5.74, 6) is 0.366. The Morgan fingerprint density at radius 3 is 2.69 bits per heavy atom. The highest BCUT2D eigenvalue weighted by Gasteiger charge is 2.22. The summed E-state index contributed by atoms with van der Waals surface area (Å²) in [4.78, 5) is 23.6. The minimum absolute atomic E-state index is 0.0377. The molecule has 0 saturated carbocycles. The molecule has 2 aromatic carbocycles. The van der Waals surface area contributed by atoms with Crippen LogP contribution in [-0.4, -0.2) is 22.5 Å². The van der Waals surface area contributed by atoms with E-state index in [4.69, 9.17) is 0 Å². The second-order valence-electron chi connectivity index (χ2n) is 6.42. The van der Waals surface area contributed by atoms with E-state index in [1.165, 1.54) is 6.08 Å². The van der Waals surface area contributed by atoms with Crippen LogP contribution in [0.25, 0.3) is 6.08 Å². The summed E-state index contributed by atoms with van der Waals surface area (Å²) in [6.07, 6.45) is 7.23. The number of amidine groups is 2. The van der Waals surface area contributed by atoms with E-state index in [1.807, 2.05) is 83.9 Å². The van der Waals surface area contributed by atoms with Gasteiger partial charge in [-0.05, 0) is 45.3 Å². The molecule has 2 aromatic rings. The van der Waals surface area contributed by atoms with Gasteiger partial charge in [0.1, 0.15) is 17.5 Å². The smallest absolute Gasteiger partial charge is 0.289 e. The SMILES string of the molecule is N#C/C(=C/c1ccccc1)C(=O)N=C1N=C2C=CC(Br)=CN2Cc2ccccc21. The van der Waals surface area contributed by atoms with E-state index in [9.17, 15) is 10.1 Å². The summed E-state index contributed by atoms with van der Waals surface area (Å²) in [6.45, 7) is 0.604. The summed E-state index contributed by atoms with van der Waals surface area (Å²) in [5, 5.41) is 9.48. The molecule has 0 bridgehead atoms. The Bertz CT molecular complexity index is 1170. The van der Waals surface area contributed by atoms with Gasteiger partial charge < -0.3 is 4.90 Å². The summed E-state index contributed by atoms with van der Waals surface area (Å²) >= 11 is 3.48. The highest BCUT2D eigenvalue weighted by molar-refractivity contribution is 9.11. The Labute approximate surface area is 176 Å². The van der Waals surface area contributed by atoms with Crippen LogP contribution in [0.15, 0.2) is 93.0 Å². The Hall–Kier alpha value is -3.56. The second kappa shape index (κ2) is 8.21. The first kappa shape index (κ1) is 18.8. The highest BCUT2D eigenvalue weighted by Crippen LogP contribution is 2.24. The van der Waals surface area contributed by atoms with Gasteiger partial charge in [-0.1, -0.05) is 54.6 Å². The summed E-state index contributed by atoms with van der Waals surface area (Å²) in [6, 6.07) is 18.9. The van der Waals surface area contributed by atoms with Crippen LogP contribution in [0.3, 0.4) is 0 Å². The lowest BCUT2D eigenvalue weighted by molar-refractivity contribution is -0.113. The van der Waals surface area contributed by atoms with E-state index in [2.05, 4.69) is 25.9 Å². The van der Waals surface area contributed by atoms with Gasteiger partial charge in [0.2, 0.25) is 0 Å². The fourth-order valence-electron chi connectivity index (χ4n) is 3.06. The van der Waals surface area contributed by atoms with Crippen molar-refractivity contribution in [1.29, 1.82) is 5.26 Å². The number of carbonyl (C=O) groups excluding carboxylic acids is 1. The van der Waals surface area contributed by atoms with Crippen LogP contribution in [0, 0.1) is 11.3 Å². The Morgan fingerprint density at radius 2 is 1.90 bits per heavy atom. The van der Waals surface area contributed by atoms with E-state index >= 15 is 0 Å². The van der Waals surface area contributed by atoms with Crippen LogP contribution in [0.2, 0.25) is 0 Å². The van der Waals surface area contributed by atoms with Crippen molar-refractivity contribution in [2.75, 3.05) is 0 Å². The van der Waals surface area contributed by atoms with Crippen molar-refractivity contribution in [3.8, 4) is 6.07 Å². The van der Waals surface area contributed by atoms with Gasteiger partial charge in [-0.25, -0.2) is 4.99 Å². The highest BCUT2D eigenvalue weighted by atomic mass is 79.9. The minimum atomic E-state index is -0.615. The fraction of sp³-hybridized carbons (Fsp3) is 0.0435. The molecule has 29 heavy (non-hydrogen) atoms. The average Bonchev–Trinajstić information content (AvgIpc) is 2.89. The first-order chi connectivity index (χ1) is 14.1. The topological polar surface area (TPSA) is 68.8 Å². The third-order valence-electron chi connectivity index (χ3n) is 4.45. The Morgan fingerprint density at radius 1 is 1.14 bits per heavy atom. The van der Waals surface area contributed by atoms with Gasteiger partial charge in [-0.15, -0.1) is 0 Å². The zero-order chi connectivity index (χ0) is 20.2. The number of aliphatic imine (C=N–C) groups is 2. The average molecular weight is 443 g/mol. The molecule has 2 aliphatic heterocycles. The molecular weight excluding hydrogens is 428 g/mol. The number of rotatable bonds is 2. The number of amides is 1. The van der Waals surface area contributed by atoms with Crippen molar-refractivity contribution >= 4 is 39.6 Å². The molecule has 0 fully saturated rings. The first-order valence-corrected chi connectivity index (χ1v) is 9.72. The molecule has 140 valence electrons. The normalized spacial score (nSPS) is 16.9. The van der Waals surface area contributed by atoms with Gasteiger partial charge in [-0.3, -0.25) is 4.79 Å². The maximum atomic E-state index is 12.8. The van der Waals surface area contributed by atoms with Gasteiger partial charge in [0.25, 0.3) is 5.91 Å². The second-order valence-corrected chi connectivity index (χ2v) is 7.34. The number of fused-ring (bicyclic) bond motifs is 2. The van der Waals surface area contributed by atoms with Gasteiger partial charge in [0, 0.05) is 22.8 Å². The van der Waals surface area contributed by atoms with Gasteiger partial charge >= 0.3 is 0 Å². The summed E-state index contributed by atoms with van der Waals surface area (Å²) < 4.78 is 0.933. The third kappa shape index (κ3) is 4.15. The molecule has 1 amide bonds. The first-order valence-electron chi connectivity index (χ1n) is 8.93. The van der Waals surface area contributed by atoms with Crippen LogP contribution in [0.1, 0.15) is 16.7 Å². The van der Waals surface area contributed by atoms with Crippen molar-refractivity contribution in [3.63, 3.8) is 0 Å². The molecule has 0 N–H and O–H groups in total. The predicted molar refractivity (Wildman–Crippen MR) is 117 cm³/mol.